The number of amides is 1. The van der Waals surface area contributed by atoms with Crippen LogP contribution in [0.25, 0.3) is 0 Å². The highest BCUT2D eigenvalue weighted by molar-refractivity contribution is 5.87. The lowest BCUT2D eigenvalue weighted by Crippen LogP contribution is -2.27. The van der Waals surface area contributed by atoms with Gasteiger partial charge < -0.3 is 10.0 Å². The van der Waals surface area contributed by atoms with Gasteiger partial charge in [0.25, 0.3) is 0 Å². The van der Waals surface area contributed by atoms with Crippen molar-refractivity contribution in [3.05, 3.63) is 12.2 Å². The molecule has 0 aromatic carbocycles. The Hall–Kier alpha value is -0.830. The van der Waals surface area contributed by atoms with Crippen molar-refractivity contribution < 1.29 is 9.90 Å². The summed E-state index contributed by atoms with van der Waals surface area (Å²) in [6, 6.07) is 0. The molecule has 3 heteroatoms. The Labute approximate surface area is 72.7 Å². The molecule has 1 amide bonds. The van der Waals surface area contributed by atoms with Crippen LogP contribution in [0, 0.1) is 0 Å². The quantitative estimate of drug-likeness (QED) is 0.613. The van der Waals surface area contributed by atoms with E-state index in [1.54, 1.807) is 11.0 Å². The van der Waals surface area contributed by atoms with Gasteiger partial charge in [-0.15, -0.1) is 0 Å². The molecule has 0 aliphatic carbocycles. The van der Waals surface area contributed by atoms with Crippen LogP contribution in [0.3, 0.4) is 0 Å². The van der Waals surface area contributed by atoms with Gasteiger partial charge in [-0.05, 0) is 18.9 Å². The molecular formula is C9H15NO2. The molecular weight excluding hydrogens is 154 g/mol. The molecule has 0 unspecified atom stereocenters. The van der Waals surface area contributed by atoms with Crippen molar-refractivity contribution in [3.63, 3.8) is 0 Å². The molecule has 0 radical (unpaired) electrons. The lowest BCUT2D eigenvalue weighted by Gasteiger charge is -2.11. The maximum Gasteiger partial charge on any atom is 0.246 e. The van der Waals surface area contributed by atoms with E-state index in [0.717, 1.165) is 6.42 Å². The van der Waals surface area contributed by atoms with Crippen LogP contribution in [-0.2, 0) is 4.79 Å². The summed E-state index contributed by atoms with van der Waals surface area (Å²) in [5.74, 6) is 0.0217. The lowest BCUT2D eigenvalue weighted by molar-refractivity contribution is -0.125. The van der Waals surface area contributed by atoms with Crippen molar-refractivity contribution in [3.8, 4) is 0 Å². The molecule has 1 aliphatic heterocycles. The Morgan fingerprint density at radius 3 is 3.00 bits per heavy atom. The van der Waals surface area contributed by atoms with Gasteiger partial charge in [-0.25, -0.2) is 0 Å². The molecule has 3 nitrogen and oxygen atoms in total. The van der Waals surface area contributed by atoms with E-state index in [9.17, 15) is 4.79 Å². The van der Waals surface area contributed by atoms with Crippen LogP contribution in [0.1, 0.15) is 19.8 Å². The van der Waals surface area contributed by atoms with Crippen molar-refractivity contribution in [1.82, 2.24) is 4.90 Å². The lowest BCUT2D eigenvalue weighted by atomic mass is 10.3. The van der Waals surface area contributed by atoms with Crippen LogP contribution in [-0.4, -0.2) is 35.1 Å². The molecule has 12 heavy (non-hydrogen) atoms. The van der Waals surface area contributed by atoms with Crippen molar-refractivity contribution in [1.29, 1.82) is 0 Å². The number of hydrogen-bond acceptors (Lipinski definition) is 2. The van der Waals surface area contributed by atoms with E-state index in [4.69, 9.17) is 5.11 Å². The van der Waals surface area contributed by atoms with E-state index in [0.29, 0.717) is 19.5 Å². The van der Waals surface area contributed by atoms with Gasteiger partial charge in [-0.2, -0.15) is 0 Å². The third-order valence-corrected chi connectivity index (χ3v) is 1.97. The van der Waals surface area contributed by atoms with E-state index >= 15 is 0 Å². The summed E-state index contributed by atoms with van der Waals surface area (Å²) in [6.07, 6.45) is 4.70. The number of likely N-dealkylation sites (tertiary alicyclic amines) is 1. The van der Waals surface area contributed by atoms with E-state index in [2.05, 4.69) is 0 Å². The Balaban J connectivity index is 2.38. The molecule has 0 aromatic heterocycles. The minimum Gasteiger partial charge on any atom is -0.391 e. The Bertz CT molecular complexity index is 189. The summed E-state index contributed by atoms with van der Waals surface area (Å²) in [7, 11) is 0. The van der Waals surface area contributed by atoms with E-state index < -0.39 is 0 Å². The second-order valence-corrected chi connectivity index (χ2v) is 3.04. The number of hydrogen-bond donors (Lipinski definition) is 1. The molecule has 1 atom stereocenters. The standard InChI is InChI=1S/C9H15NO2/c1-2-3-4-9(12)10-6-5-8(11)7-10/h3-4,8,11H,2,5-7H2,1H3/b4-3+/t8-/m1/s1. The second kappa shape index (κ2) is 4.26. The maximum absolute atomic E-state index is 11.3. The molecule has 1 fully saturated rings. The second-order valence-electron chi connectivity index (χ2n) is 3.04. The van der Waals surface area contributed by atoms with Crippen LogP contribution in [0.15, 0.2) is 12.2 Å². The van der Waals surface area contributed by atoms with Gasteiger partial charge >= 0.3 is 0 Å². The molecule has 68 valence electrons. The highest BCUT2D eigenvalue weighted by Crippen LogP contribution is 2.08. The molecule has 1 saturated heterocycles. The minimum absolute atomic E-state index is 0.0217. The third kappa shape index (κ3) is 2.34. The van der Waals surface area contributed by atoms with Crippen LogP contribution in [0.4, 0.5) is 0 Å². The fraction of sp³-hybridized carbons (Fsp3) is 0.667. The summed E-state index contributed by atoms with van der Waals surface area (Å²) in [5.41, 5.74) is 0. The largest absolute Gasteiger partial charge is 0.391 e. The van der Waals surface area contributed by atoms with Crippen LogP contribution < -0.4 is 0 Å². The summed E-state index contributed by atoms with van der Waals surface area (Å²) in [4.78, 5) is 13.0. The highest BCUT2D eigenvalue weighted by atomic mass is 16.3. The number of carbonyl (C=O) groups excluding carboxylic acids is 1. The Morgan fingerprint density at radius 1 is 1.75 bits per heavy atom. The fourth-order valence-corrected chi connectivity index (χ4v) is 1.27. The van der Waals surface area contributed by atoms with E-state index in [-0.39, 0.29) is 12.0 Å². The summed E-state index contributed by atoms with van der Waals surface area (Å²) in [6.45, 7) is 3.17. The van der Waals surface area contributed by atoms with Gasteiger partial charge in [0.15, 0.2) is 0 Å². The zero-order valence-electron chi connectivity index (χ0n) is 7.36. The van der Waals surface area contributed by atoms with Gasteiger partial charge in [-0.3, -0.25) is 4.79 Å². The summed E-state index contributed by atoms with van der Waals surface area (Å²) < 4.78 is 0. The number of rotatable bonds is 2. The molecule has 1 heterocycles. The highest BCUT2D eigenvalue weighted by Gasteiger charge is 2.22. The first-order valence-corrected chi connectivity index (χ1v) is 4.37. The number of β-amino-alcohol motifs (C(OH)–C–C–N with tert-alkyl or cyclic N) is 1. The zero-order valence-corrected chi connectivity index (χ0v) is 7.36. The topological polar surface area (TPSA) is 40.5 Å². The molecule has 1 N–H and O–H groups in total. The first-order chi connectivity index (χ1) is 5.74. The zero-order chi connectivity index (χ0) is 8.97. The molecule has 1 rings (SSSR count). The van der Waals surface area contributed by atoms with Crippen molar-refractivity contribution in [2.45, 2.75) is 25.9 Å². The smallest absolute Gasteiger partial charge is 0.246 e. The van der Waals surface area contributed by atoms with Crippen molar-refractivity contribution >= 4 is 5.91 Å². The van der Waals surface area contributed by atoms with Gasteiger partial charge in [0.2, 0.25) is 5.91 Å². The number of allylic oxidation sites excluding steroid dienone is 1. The van der Waals surface area contributed by atoms with E-state index in [1.807, 2.05) is 13.0 Å². The molecule has 1 aliphatic rings. The summed E-state index contributed by atoms with van der Waals surface area (Å²) >= 11 is 0. The molecule has 0 spiro atoms. The Morgan fingerprint density at radius 2 is 2.50 bits per heavy atom. The molecule has 0 saturated carbocycles. The van der Waals surface area contributed by atoms with Crippen LogP contribution in [0.5, 0.6) is 0 Å². The minimum atomic E-state index is -0.316. The Kier molecular flexibility index (Phi) is 3.29. The average molecular weight is 169 g/mol. The average Bonchev–Trinajstić information content (AvgIpc) is 2.47. The first-order valence-electron chi connectivity index (χ1n) is 4.37. The van der Waals surface area contributed by atoms with Gasteiger partial charge in [0, 0.05) is 13.1 Å². The molecule has 0 aromatic rings. The monoisotopic (exact) mass is 169 g/mol. The SMILES string of the molecule is CC/C=C/C(=O)N1CC[C@@H](O)C1. The van der Waals surface area contributed by atoms with Crippen LogP contribution in [0.2, 0.25) is 0 Å². The van der Waals surface area contributed by atoms with Crippen molar-refractivity contribution in [2.24, 2.45) is 0 Å². The number of aliphatic hydroxyl groups excluding tert-OH is 1. The predicted octanol–water partition coefficient (Wildman–Crippen LogP) is 0.546. The van der Waals surface area contributed by atoms with Crippen LogP contribution >= 0.6 is 0 Å². The van der Waals surface area contributed by atoms with Gasteiger partial charge in [0.1, 0.15) is 0 Å². The van der Waals surface area contributed by atoms with Gasteiger partial charge in [-0.1, -0.05) is 13.0 Å². The normalized spacial score (nSPS) is 23.8. The number of aliphatic hydroxyl groups is 1. The molecule has 0 bridgehead atoms. The third-order valence-electron chi connectivity index (χ3n) is 1.97. The summed E-state index contributed by atoms with van der Waals surface area (Å²) in [5, 5.41) is 9.16. The van der Waals surface area contributed by atoms with E-state index in [1.165, 1.54) is 0 Å². The van der Waals surface area contributed by atoms with Gasteiger partial charge in [0.05, 0.1) is 6.10 Å². The fourth-order valence-electron chi connectivity index (χ4n) is 1.27. The van der Waals surface area contributed by atoms with Crippen molar-refractivity contribution in [2.75, 3.05) is 13.1 Å². The first kappa shape index (κ1) is 9.26. The number of carbonyl (C=O) groups is 1. The maximum atomic E-state index is 11.3. The number of nitrogens with zero attached hydrogens (tertiary/aromatic N) is 1. The predicted molar refractivity (Wildman–Crippen MR) is 46.6 cm³/mol.